The van der Waals surface area contributed by atoms with Crippen LogP contribution in [0.5, 0.6) is 0 Å². The van der Waals surface area contributed by atoms with E-state index in [1.165, 1.54) is 12.1 Å². The standard InChI is InChI=1S/C19H18BrFN2O3S/c1-2-3-12-22-18-19(27(24,25)16-10-8-15(21)9-11-16)23-17(26-18)13-4-6-14(20)7-5-13/h4-11,22H,2-3,12H2,1H3. The first-order chi connectivity index (χ1) is 12.9. The Labute approximate surface area is 165 Å². The zero-order chi connectivity index (χ0) is 19.4. The van der Waals surface area contributed by atoms with Gasteiger partial charge < -0.3 is 9.73 Å². The molecule has 0 aliphatic carbocycles. The third-order valence-corrected chi connectivity index (χ3v) is 6.09. The third kappa shape index (κ3) is 4.39. The molecule has 0 atom stereocenters. The Balaban J connectivity index is 2.06. The minimum absolute atomic E-state index is 0.0434. The predicted molar refractivity (Wildman–Crippen MR) is 105 cm³/mol. The number of halogens is 2. The smallest absolute Gasteiger partial charge is 0.233 e. The number of nitrogens with one attached hydrogen (secondary N) is 1. The summed E-state index contributed by atoms with van der Waals surface area (Å²) in [5.74, 6) is -0.223. The highest BCUT2D eigenvalue weighted by atomic mass is 79.9. The first kappa shape index (κ1) is 19.6. The van der Waals surface area contributed by atoms with E-state index in [9.17, 15) is 12.8 Å². The van der Waals surface area contributed by atoms with Crippen LogP contribution in [-0.4, -0.2) is 19.9 Å². The van der Waals surface area contributed by atoms with Crippen molar-refractivity contribution in [3.63, 3.8) is 0 Å². The summed E-state index contributed by atoms with van der Waals surface area (Å²) >= 11 is 3.36. The van der Waals surface area contributed by atoms with Crippen LogP contribution in [0.2, 0.25) is 0 Å². The number of aromatic nitrogens is 1. The average Bonchev–Trinajstić information content (AvgIpc) is 3.08. The highest BCUT2D eigenvalue weighted by Gasteiger charge is 2.28. The van der Waals surface area contributed by atoms with Gasteiger partial charge in [-0.15, -0.1) is 0 Å². The molecule has 1 N–H and O–H groups in total. The summed E-state index contributed by atoms with van der Waals surface area (Å²) in [5, 5.41) is 2.81. The van der Waals surface area contributed by atoms with E-state index < -0.39 is 15.7 Å². The largest absolute Gasteiger partial charge is 0.419 e. The molecule has 0 amide bonds. The molecule has 0 radical (unpaired) electrons. The maximum absolute atomic E-state index is 13.2. The van der Waals surface area contributed by atoms with Gasteiger partial charge in [0.05, 0.1) is 4.90 Å². The van der Waals surface area contributed by atoms with Gasteiger partial charge in [-0.25, -0.2) is 12.8 Å². The molecule has 3 aromatic rings. The summed E-state index contributed by atoms with van der Waals surface area (Å²) in [6, 6.07) is 11.8. The molecule has 0 bridgehead atoms. The highest BCUT2D eigenvalue weighted by Crippen LogP contribution is 2.32. The van der Waals surface area contributed by atoms with Crippen LogP contribution in [0.3, 0.4) is 0 Å². The Morgan fingerprint density at radius 3 is 2.41 bits per heavy atom. The summed E-state index contributed by atoms with van der Waals surface area (Å²) in [4.78, 5) is 4.19. The summed E-state index contributed by atoms with van der Waals surface area (Å²) in [6.07, 6.45) is 1.80. The number of anilines is 1. The van der Waals surface area contributed by atoms with Crippen LogP contribution in [0, 0.1) is 5.82 Å². The van der Waals surface area contributed by atoms with Crippen molar-refractivity contribution in [3.05, 3.63) is 58.8 Å². The number of rotatable bonds is 7. The number of unbranched alkanes of at least 4 members (excludes halogenated alkanes) is 1. The van der Waals surface area contributed by atoms with Crippen LogP contribution in [0.25, 0.3) is 11.5 Å². The van der Waals surface area contributed by atoms with Crippen LogP contribution in [-0.2, 0) is 9.84 Å². The SMILES string of the molecule is CCCCNc1oc(-c2ccc(Br)cc2)nc1S(=O)(=O)c1ccc(F)cc1. The van der Waals surface area contributed by atoms with Gasteiger partial charge >= 0.3 is 0 Å². The fourth-order valence-electron chi connectivity index (χ4n) is 2.42. The molecule has 0 unspecified atom stereocenters. The maximum atomic E-state index is 13.2. The molecule has 1 heterocycles. The fourth-order valence-corrected chi connectivity index (χ4v) is 3.96. The summed E-state index contributed by atoms with van der Waals surface area (Å²) in [6.45, 7) is 2.59. The lowest BCUT2D eigenvalue weighted by Gasteiger charge is -2.05. The average molecular weight is 453 g/mol. The number of nitrogens with zero attached hydrogens (tertiary/aromatic N) is 1. The quantitative estimate of drug-likeness (QED) is 0.389. The van der Waals surface area contributed by atoms with E-state index in [2.05, 4.69) is 26.2 Å². The van der Waals surface area contributed by atoms with E-state index in [0.29, 0.717) is 12.1 Å². The molecule has 8 heteroatoms. The zero-order valence-electron chi connectivity index (χ0n) is 14.6. The fraction of sp³-hybridized carbons (Fsp3) is 0.211. The van der Waals surface area contributed by atoms with E-state index in [-0.39, 0.29) is 21.7 Å². The van der Waals surface area contributed by atoms with E-state index in [0.717, 1.165) is 29.4 Å². The van der Waals surface area contributed by atoms with Gasteiger partial charge in [0.1, 0.15) is 5.82 Å². The van der Waals surface area contributed by atoms with Gasteiger partial charge in [0.15, 0.2) is 0 Å². The zero-order valence-corrected chi connectivity index (χ0v) is 17.0. The van der Waals surface area contributed by atoms with Crippen LogP contribution in [0.1, 0.15) is 19.8 Å². The summed E-state index contributed by atoms with van der Waals surface area (Å²) in [7, 11) is -3.96. The molecule has 27 heavy (non-hydrogen) atoms. The highest BCUT2D eigenvalue weighted by molar-refractivity contribution is 9.10. The molecule has 2 aromatic carbocycles. The van der Waals surface area contributed by atoms with Crippen molar-refractivity contribution in [1.82, 2.24) is 4.98 Å². The monoisotopic (exact) mass is 452 g/mol. The van der Waals surface area contributed by atoms with E-state index in [1.807, 2.05) is 19.1 Å². The maximum Gasteiger partial charge on any atom is 0.233 e. The molecule has 0 spiro atoms. The van der Waals surface area contributed by atoms with Gasteiger partial charge in [-0.1, -0.05) is 29.3 Å². The molecule has 142 valence electrons. The van der Waals surface area contributed by atoms with Gasteiger partial charge in [-0.3, -0.25) is 0 Å². The van der Waals surface area contributed by atoms with Crippen molar-refractivity contribution < 1.29 is 17.2 Å². The third-order valence-electron chi connectivity index (χ3n) is 3.88. The number of hydrogen-bond donors (Lipinski definition) is 1. The van der Waals surface area contributed by atoms with E-state index >= 15 is 0 Å². The number of hydrogen-bond acceptors (Lipinski definition) is 5. The first-order valence-electron chi connectivity index (χ1n) is 8.43. The Morgan fingerprint density at radius 2 is 1.78 bits per heavy atom. The predicted octanol–water partition coefficient (Wildman–Crippen LogP) is 5.29. The minimum Gasteiger partial charge on any atom is -0.419 e. The van der Waals surface area contributed by atoms with Crippen molar-refractivity contribution in [1.29, 1.82) is 0 Å². The van der Waals surface area contributed by atoms with Gasteiger partial charge in [-0.05, 0) is 55.0 Å². The van der Waals surface area contributed by atoms with Crippen molar-refractivity contribution >= 4 is 31.7 Å². The van der Waals surface area contributed by atoms with Crippen molar-refractivity contribution in [3.8, 4) is 11.5 Å². The van der Waals surface area contributed by atoms with Gasteiger partial charge in [0.25, 0.3) is 0 Å². The minimum atomic E-state index is -3.96. The Hall–Kier alpha value is -2.19. The summed E-state index contributed by atoms with van der Waals surface area (Å²) < 4.78 is 45.8. The normalized spacial score (nSPS) is 11.5. The number of oxazole rings is 1. The summed E-state index contributed by atoms with van der Waals surface area (Å²) in [5.41, 5.74) is 0.650. The molecular weight excluding hydrogens is 435 g/mol. The molecule has 0 aliphatic rings. The second kappa shape index (κ2) is 8.22. The van der Waals surface area contributed by atoms with Crippen LogP contribution < -0.4 is 5.32 Å². The van der Waals surface area contributed by atoms with Gasteiger partial charge in [0.2, 0.25) is 26.6 Å². The molecule has 5 nitrogen and oxygen atoms in total. The second-order valence-electron chi connectivity index (χ2n) is 5.90. The number of benzene rings is 2. The van der Waals surface area contributed by atoms with Crippen LogP contribution in [0.4, 0.5) is 10.3 Å². The van der Waals surface area contributed by atoms with Crippen LogP contribution in [0.15, 0.2) is 67.3 Å². The topological polar surface area (TPSA) is 72.2 Å². The molecular formula is C19H18BrFN2O3S. The second-order valence-corrected chi connectivity index (χ2v) is 8.68. The van der Waals surface area contributed by atoms with Crippen molar-refractivity contribution in [2.24, 2.45) is 0 Å². The molecule has 0 saturated carbocycles. The van der Waals surface area contributed by atoms with Gasteiger partial charge in [0, 0.05) is 16.6 Å². The molecule has 1 aromatic heterocycles. The molecule has 3 rings (SSSR count). The van der Waals surface area contributed by atoms with E-state index in [1.54, 1.807) is 12.1 Å². The Bertz CT molecular complexity index is 1020. The first-order valence-corrected chi connectivity index (χ1v) is 10.7. The lowest BCUT2D eigenvalue weighted by atomic mass is 10.2. The Kier molecular flexibility index (Phi) is 5.96. The number of sulfone groups is 1. The molecule has 0 saturated heterocycles. The molecule has 0 aliphatic heterocycles. The van der Waals surface area contributed by atoms with Crippen LogP contribution >= 0.6 is 15.9 Å². The van der Waals surface area contributed by atoms with Crippen molar-refractivity contribution in [2.45, 2.75) is 29.7 Å². The Morgan fingerprint density at radius 1 is 1.11 bits per heavy atom. The lowest BCUT2D eigenvalue weighted by molar-refractivity contribution is 0.575. The molecule has 0 fully saturated rings. The van der Waals surface area contributed by atoms with E-state index in [4.69, 9.17) is 4.42 Å². The lowest BCUT2D eigenvalue weighted by Crippen LogP contribution is -2.08. The van der Waals surface area contributed by atoms with Crippen molar-refractivity contribution in [2.75, 3.05) is 11.9 Å². The van der Waals surface area contributed by atoms with Gasteiger partial charge in [-0.2, -0.15) is 4.98 Å².